The molecule has 0 radical (unpaired) electrons. The van der Waals surface area contributed by atoms with Crippen molar-refractivity contribution in [2.45, 2.75) is 158 Å². The zero-order chi connectivity index (χ0) is 76.2. The number of para-hydroxylation sites is 1. The molecule has 6 rings (SSSR count). The van der Waals surface area contributed by atoms with Crippen LogP contribution in [0.4, 0.5) is 0 Å². The number of phenols is 2. The molecule has 24 N–H and O–H groups in total. The van der Waals surface area contributed by atoms with Crippen LogP contribution in [-0.2, 0) is 86.4 Å². The number of likely N-dealkylation sites (tertiary alicyclic amines) is 1. The van der Waals surface area contributed by atoms with E-state index in [4.69, 9.17) is 28.3 Å². The van der Waals surface area contributed by atoms with Gasteiger partial charge in [0, 0.05) is 93.2 Å². The summed E-state index contributed by atoms with van der Waals surface area (Å²) in [5.74, 6) is -15.5. The molecule has 37 heteroatoms. The number of carboxylic acid groups (broad SMARTS) is 1. The molecule has 2 aliphatic rings. The Morgan fingerprint density at radius 1 is 0.654 bits per heavy atom. The Labute approximate surface area is 606 Å². The summed E-state index contributed by atoms with van der Waals surface area (Å²) < 4.78 is 0. The van der Waals surface area contributed by atoms with Gasteiger partial charge in [-0.1, -0.05) is 77.9 Å². The normalized spacial score (nSPS) is 22.2. The zero-order valence-corrected chi connectivity index (χ0v) is 59.1. The van der Waals surface area contributed by atoms with Gasteiger partial charge < -0.3 is 107 Å². The third kappa shape index (κ3) is 26.3. The quantitative estimate of drug-likeness (QED) is 0.0134. The first-order valence-corrected chi connectivity index (χ1v) is 36.2. The molecule has 2 aliphatic heterocycles. The van der Waals surface area contributed by atoms with Crippen LogP contribution >= 0.6 is 21.6 Å². The Kier molecular flexibility index (Phi) is 32.3. The zero-order valence-electron chi connectivity index (χ0n) is 57.4. The Hall–Kier alpha value is -10.7. The van der Waals surface area contributed by atoms with Crippen LogP contribution in [0.5, 0.6) is 11.5 Å². The summed E-state index contributed by atoms with van der Waals surface area (Å²) in [6.45, 7) is 3.07. The molecule has 0 bridgehead atoms. The van der Waals surface area contributed by atoms with Gasteiger partial charge in [0.05, 0.1) is 0 Å². The third-order valence-electron chi connectivity index (χ3n) is 17.0. The topological polar surface area (TPSA) is 579 Å². The minimum Gasteiger partial charge on any atom is -0.508 e. The number of carbonyl (C=O) groups is 14. The van der Waals surface area contributed by atoms with Crippen molar-refractivity contribution in [3.8, 4) is 11.5 Å². The van der Waals surface area contributed by atoms with E-state index in [0.717, 1.165) is 21.6 Å². The number of guanidine groups is 1. The van der Waals surface area contributed by atoms with Crippen molar-refractivity contribution in [2.24, 2.45) is 28.9 Å². The van der Waals surface area contributed by atoms with Gasteiger partial charge in [-0.3, -0.25) is 72.5 Å². The molecule has 0 unspecified atom stereocenters. The molecule has 4 aromatic rings. The molecule has 0 aliphatic carbocycles. The first-order chi connectivity index (χ1) is 49.5. The standard InChI is InChI=1S/C67H92N18O17S2/c1-35(2)56-66(102)81-47(30-37-12-16-40(87)17-13-37)61(97)77-43(9-5-26-74-67(71)72)58(94)73-27-24-53(89)76-44(18-21-52(69)88)59(95)79-48(31-38-32-75-42-8-4-3-7-41(38)42)63(99)78-45(19-23-55(91)92)60(96)82-49(57(70)93)33-103-104-34-50(64(100)84-56)83-62(98)46(29-36-10-14-39(86)15-11-36)80-65(101)51-20-22-54(90)85(51)28-6-25-68/h3-4,7-8,10-17,32,35,43-51,56,75,86-87H,5-6,9,18-31,33-34,68H2,1-2H3,(H2,69,88)(H2,70,93)(H,73,94)(H,76,89)(H,77,97)(H,78,99)(H,79,95)(H,80,101)(H,81,102)(H,82,96)(H,83,98)(H,84,100)(H,91,92)(H4,71,72,74)/t43-,44-,45-,46-,47-,48-,49+,50-,51-,56-/m0/s1. The van der Waals surface area contributed by atoms with Crippen molar-refractivity contribution in [1.29, 1.82) is 5.41 Å². The number of nitrogens with two attached hydrogens (primary N) is 4. The van der Waals surface area contributed by atoms with Crippen LogP contribution in [0, 0.1) is 11.3 Å². The van der Waals surface area contributed by atoms with E-state index in [1.54, 1.807) is 44.3 Å². The summed E-state index contributed by atoms with van der Waals surface area (Å²) in [5.41, 5.74) is 24.5. The van der Waals surface area contributed by atoms with Crippen LogP contribution in [-0.4, -0.2) is 212 Å². The molecule has 13 amide bonds. The summed E-state index contributed by atoms with van der Waals surface area (Å²) in [6.07, 6.45) is -1.53. The lowest BCUT2D eigenvalue weighted by atomic mass is 10.00. The van der Waals surface area contributed by atoms with Crippen LogP contribution in [0.15, 0.2) is 79.0 Å². The first-order valence-electron chi connectivity index (χ1n) is 33.7. The molecular weight excluding hydrogens is 1390 g/mol. The maximum Gasteiger partial charge on any atom is 0.303 e. The SMILES string of the molecule is CC(C)[C@@H]1NC(=O)[C@@H](NC(=O)[C@H](Cc2ccc(O)cc2)NC(=O)[C@@H]2CCC(=O)N2CCCN)CSSC[C@H](C(N)=O)NC(=O)[C@H](CCC(=O)O)NC(=O)[C@H](Cc2c[nH]c3ccccc23)NC(=O)[C@H](CCC(N)=O)NC(=O)CCNC(=O)[C@H](CCCNC(=N)N)NC(=O)[C@H](Cc2ccc(O)cc2)NC1=O. The minimum atomic E-state index is -1.75. The first kappa shape index (κ1) is 82.3. The number of phenolic OH excluding ortho intramolecular Hbond substituents is 2. The minimum absolute atomic E-state index is 0.0299. The van der Waals surface area contributed by atoms with Gasteiger partial charge in [0.2, 0.25) is 76.8 Å². The molecule has 10 atom stereocenters. The van der Waals surface area contributed by atoms with Gasteiger partial charge in [-0.05, 0) is 98.0 Å². The second kappa shape index (κ2) is 40.8. The highest BCUT2D eigenvalue weighted by Crippen LogP contribution is 2.26. The van der Waals surface area contributed by atoms with Crippen molar-refractivity contribution in [1.82, 2.24) is 68.4 Å². The van der Waals surface area contributed by atoms with E-state index in [1.165, 1.54) is 53.4 Å². The van der Waals surface area contributed by atoms with E-state index >= 15 is 4.79 Å². The van der Waals surface area contributed by atoms with E-state index in [9.17, 15) is 77.6 Å². The van der Waals surface area contributed by atoms with Gasteiger partial charge >= 0.3 is 5.97 Å². The fraction of sp³-hybridized carbons (Fsp3) is 0.478. The highest BCUT2D eigenvalue weighted by atomic mass is 33.1. The number of primary amides is 2. The van der Waals surface area contributed by atoms with E-state index in [2.05, 4.69) is 63.5 Å². The number of aromatic nitrogens is 1. The molecule has 3 aromatic carbocycles. The molecule has 1 aromatic heterocycles. The number of aromatic amines is 1. The maximum atomic E-state index is 15.0. The number of fused-ring (bicyclic) bond motifs is 1. The molecule has 2 fully saturated rings. The van der Waals surface area contributed by atoms with Gasteiger partial charge in [0.1, 0.15) is 71.9 Å². The lowest BCUT2D eigenvalue weighted by Crippen LogP contribution is -2.61. The number of aromatic hydroxyl groups is 2. The summed E-state index contributed by atoms with van der Waals surface area (Å²) >= 11 is 0. The van der Waals surface area contributed by atoms with Gasteiger partial charge in [-0.2, -0.15) is 0 Å². The van der Waals surface area contributed by atoms with Crippen LogP contribution in [0.3, 0.4) is 0 Å². The predicted molar refractivity (Wildman–Crippen MR) is 382 cm³/mol. The van der Waals surface area contributed by atoms with Crippen LogP contribution in [0.1, 0.15) is 94.7 Å². The molecule has 104 heavy (non-hydrogen) atoms. The predicted octanol–water partition coefficient (Wildman–Crippen LogP) is -3.25. The molecule has 2 saturated heterocycles. The molecule has 3 heterocycles. The van der Waals surface area contributed by atoms with Crippen LogP contribution < -0.4 is 81.4 Å². The number of rotatable bonds is 25. The summed E-state index contributed by atoms with van der Waals surface area (Å²) in [6, 6.07) is 2.92. The number of aliphatic carboxylic acids is 1. The van der Waals surface area contributed by atoms with Crippen molar-refractivity contribution in [3.05, 3.63) is 95.7 Å². The van der Waals surface area contributed by atoms with Crippen LogP contribution in [0.25, 0.3) is 10.9 Å². The number of hydrogen-bond donors (Lipinski definition) is 20. The van der Waals surface area contributed by atoms with E-state index in [0.29, 0.717) is 34.0 Å². The molecule has 0 spiro atoms. The summed E-state index contributed by atoms with van der Waals surface area (Å²) in [7, 11) is 1.69. The Bertz CT molecular complexity index is 3730. The third-order valence-corrected chi connectivity index (χ3v) is 19.4. The Morgan fingerprint density at radius 3 is 1.88 bits per heavy atom. The lowest BCUT2D eigenvalue weighted by Gasteiger charge is -2.29. The smallest absolute Gasteiger partial charge is 0.303 e. The number of hydrogen-bond acceptors (Lipinski definition) is 20. The van der Waals surface area contributed by atoms with Gasteiger partial charge in [0.15, 0.2) is 5.96 Å². The average Bonchev–Trinajstić information content (AvgIpc) is 1.66. The monoisotopic (exact) mass is 1480 g/mol. The van der Waals surface area contributed by atoms with E-state index in [1.807, 2.05) is 0 Å². The van der Waals surface area contributed by atoms with Crippen molar-refractivity contribution >= 4 is 121 Å². The maximum absolute atomic E-state index is 15.0. The number of carbonyl (C=O) groups excluding carboxylic acids is 13. The molecule has 35 nitrogen and oxygen atoms in total. The number of nitrogens with one attached hydrogen (secondary N) is 13. The summed E-state index contributed by atoms with van der Waals surface area (Å²) in [4.78, 5) is 200. The number of amides is 13. The van der Waals surface area contributed by atoms with Gasteiger partial charge in [-0.15, -0.1) is 0 Å². The van der Waals surface area contributed by atoms with Crippen molar-refractivity contribution in [2.75, 3.05) is 37.7 Å². The molecular formula is C67H92N18O17S2. The fourth-order valence-electron chi connectivity index (χ4n) is 11.3. The van der Waals surface area contributed by atoms with E-state index < -0.39 is 199 Å². The Balaban J connectivity index is 1.41. The van der Waals surface area contributed by atoms with Gasteiger partial charge in [0.25, 0.3) is 0 Å². The van der Waals surface area contributed by atoms with Crippen molar-refractivity contribution in [3.63, 3.8) is 0 Å². The Morgan fingerprint density at radius 2 is 1.24 bits per heavy atom. The molecule has 0 saturated carbocycles. The number of carboxylic acids is 1. The van der Waals surface area contributed by atoms with E-state index in [-0.39, 0.29) is 82.0 Å². The number of nitrogens with zero attached hydrogens (tertiary/aromatic N) is 1. The fourth-order valence-corrected chi connectivity index (χ4v) is 13.6. The second-order valence-electron chi connectivity index (χ2n) is 25.3. The second-order valence-corrected chi connectivity index (χ2v) is 27.9. The highest BCUT2D eigenvalue weighted by Gasteiger charge is 2.40. The number of H-pyrrole nitrogens is 1. The highest BCUT2D eigenvalue weighted by molar-refractivity contribution is 8.76. The lowest BCUT2D eigenvalue weighted by molar-refractivity contribution is -0.138. The average molecular weight is 1490 g/mol. The number of benzene rings is 3. The largest absolute Gasteiger partial charge is 0.508 e. The summed E-state index contributed by atoms with van der Waals surface area (Å²) in [5, 5.41) is 67.0. The molecule has 564 valence electrons. The van der Waals surface area contributed by atoms with Crippen LogP contribution in [0.2, 0.25) is 0 Å². The van der Waals surface area contributed by atoms with Crippen molar-refractivity contribution < 1.29 is 82.4 Å². The van der Waals surface area contributed by atoms with Gasteiger partial charge in [-0.25, -0.2) is 0 Å².